The average molecular weight is 354 g/mol. The van der Waals surface area contributed by atoms with Crippen LogP contribution in [0, 0.1) is 5.92 Å². The molecule has 1 heterocycles. The van der Waals surface area contributed by atoms with E-state index in [0.29, 0.717) is 18.9 Å². The average Bonchev–Trinajstić information content (AvgIpc) is 2.59. The van der Waals surface area contributed by atoms with Gasteiger partial charge in [0.05, 0.1) is 19.3 Å². The van der Waals surface area contributed by atoms with Crippen LogP contribution in [0.25, 0.3) is 0 Å². The topological polar surface area (TPSA) is 86.7 Å². The van der Waals surface area contributed by atoms with Gasteiger partial charge in [-0.1, -0.05) is 13.5 Å². The zero-order valence-electron chi connectivity index (χ0n) is 16.2. The van der Waals surface area contributed by atoms with Crippen LogP contribution in [0.5, 0.6) is 0 Å². The minimum atomic E-state index is 0.0158. The van der Waals surface area contributed by atoms with Crippen molar-refractivity contribution >= 4 is 11.9 Å². The number of hydrogen-bond donors (Lipinski definition) is 2. The summed E-state index contributed by atoms with van der Waals surface area (Å²) in [4.78, 5) is 8.70. The van der Waals surface area contributed by atoms with Crippen LogP contribution in [0.4, 0.5) is 0 Å². The molecule has 3 atom stereocenters. The molecule has 0 radical (unpaired) electrons. The molecule has 1 aliphatic rings. The lowest BCUT2D eigenvalue weighted by molar-refractivity contribution is 0.00859. The highest BCUT2D eigenvalue weighted by Gasteiger charge is 2.25. The zero-order valence-corrected chi connectivity index (χ0v) is 16.2. The fourth-order valence-electron chi connectivity index (χ4n) is 2.89. The smallest absolute Gasteiger partial charge is 0.103 e. The van der Waals surface area contributed by atoms with Gasteiger partial charge in [-0.2, -0.15) is 5.10 Å². The van der Waals surface area contributed by atoms with Gasteiger partial charge in [0, 0.05) is 43.5 Å². The number of hydrogen-bond acceptors (Lipinski definition) is 7. The summed E-state index contributed by atoms with van der Waals surface area (Å²) in [5.74, 6) is 5.71. The Morgan fingerprint density at radius 2 is 2.28 bits per heavy atom. The van der Waals surface area contributed by atoms with Crippen molar-refractivity contribution in [3.63, 3.8) is 0 Å². The largest absolute Gasteiger partial charge is 0.394 e. The van der Waals surface area contributed by atoms with Gasteiger partial charge in [-0.3, -0.25) is 4.99 Å². The summed E-state index contributed by atoms with van der Waals surface area (Å²) >= 11 is 0. The molecule has 0 aromatic heterocycles. The standard InChI is InChI=1S/C18H35N5O2/c1-14-10-23(16(3)12-24)15(2)7-6-8-20-9-17(21-19)13-25-18(14)11-22(4)5/h9,14,16,18,24H,2,6-8,10-13,19H2,1,3-5H3/b20-9?,21-17-. The second-order valence-electron chi connectivity index (χ2n) is 7.10. The predicted molar refractivity (Wildman–Crippen MR) is 104 cm³/mol. The Kier molecular flexibility index (Phi) is 9.70. The Bertz CT molecular complexity index is 464. The van der Waals surface area contributed by atoms with Gasteiger partial charge in [0.1, 0.15) is 5.71 Å². The molecular weight excluding hydrogens is 318 g/mol. The number of aliphatic imine (C=N–C) groups is 1. The maximum Gasteiger partial charge on any atom is 0.103 e. The van der Waals surface area contributed by atoms with Crippen LogP contribution in [0.2, 0.25) is 0 Å². The maximum atomic E-state index is 9.63. The summed E-state index contributed by atoms with van der Waals surface area (Å²) in [6, 6.07) is 0.0322. The third-order valence-electron chi connectivity index (χ3n) is 4.47. The summed E-state index contributed by atoms with van der Waals surface area (Å²) < 4.78 is 6.12. The van der Waals surface area contributed by atoms with Crippen molar-refractivity contribution in [2.75, 3.05) is 46.9 Å². The van der Waals surface area contributed by atoms with Gasteiger partial charge in [0.25, 0.3) is 0 Å². The molecule has 3 N–H and O–H groups in total. The highest BCUT2D eigenvalue weighted by molar-refractivity contribution is 6.31. The van der Waals surface area contributed by atoms with Crippen molar-refractivity contribution in [1.29, 1.82) is 0 Å². The molecule has 0 saturated heterocycles. The molecule has 1 aliphatic heterocycles. The van der Waals surface area contributed by atoms with Crippen molar-refractivity contribution in [2.24, 2.45) is 21.9 Å². The Balaban J connectivity index is 3.00. The van der Waals surface area contributed by atoms with Crippen LogP contribution in [-0.4, -0.2) is 85.9 Å². The Morgan fingerprint density at radius 3 is 2.88 bits per heavy atom. The summed E-state index contributed by atoms with van der Waals surface area (Å²) in [7, 11) is 4.06. The first-order valence-corrected chi connectivity index (χ1v) is 8.97. The summed E-state index contributed by atoms with van der Waals surface area (Å²) in [5, 5.41) is 13.4. The number of allylic oxidation sites excluding steroid dienone is 1. The molecule has 0 aromatic carbocycles. The first kappa shape index (κ1) is 21.6. The first-order chi connectivity index (χ1) is 11.9. The highest BCUT2D eigenvalue weighted by atomic mass is 16.5. The van der Waals surface area contributed by atoms with E-state index in [4.69, 9.17) is 10.6 Å². The predicted octanol–water partition coefficient (Wildman–Crippen LogP) is 0.945. The van der Waals surface area contributed by atoms with Crippen LogP contribution in [0.15, 0.2) is 22.4 Å². The molecule has 0 aromatic rings. The molecule has 7 heteroatoms. The van der Waals surface area contributed by atoms with E-state index in [1.807, 2.05) is 21.0 Å². The minimum Gasteiger partial charge on any atom is -0.394 e. The van der Waals surface area contributed by atoms with Crippen molar-refractivity contribution in [3.8, 4) is 0 Å². The lowest BCUT2D eigenvalue weighted by atomic mass is 10.0. The molecular formula is C18H35N5O2. The minimum absolute atomic E-state index is 0.0158. The Labute approximate surface area is 152 Å². The van der Waals surface area contributed by atoms with Crippen molar-refractivity contribution in [1.82, 2.24) is 9.80 Å². The molecule has 7 nitrogen and oxygen atoms in total. The molecule has 144 valence electrons. The van der Waals surface area contributed by atoms with Gasteiger partial charge in [0.2, 0.25) is 0 Å². The van der Waals surface area contributed by atoms with E-state index in [1.165, 1.54) is 0 Å². The Hall–Kier alpha value is -1.44. The summed E-state index contributed by atoms with van der Waals surface area (Å²) in [6.45, 7) is 11.2. The number of nitrogens with two attached hydrogens (primary N) is 1. The van der Waals surface area contributed by atoms with Gasteiger partial charge in [-0.05, 0) is 33.9 Å². The number of hydrazone groups is 1. The van der Waals surface area contributed by atoms with E-state index in [9.17, 15) is 5.11 Å². The zero-order chi connectivity index (χ0) is 18.8. The van der Waals surface area contributed by atoms with Gasteiger partial charge >= 0.3 is 0 Å². The Morgan fingerprint density at radius 1 is 1.56 bits per heavy atom. The second-order valence-corrected chi connectivity index (χ2v) is 7.10. The number of likely N-dealkylation sites (N-methyl/N-ethyl adjacent to an activating group) is 1. The molecule has 0 aliphatic carbocycles. The lowest BCUT2D eigenvalue weighted by Crippen LogP contribution is -2.44. The molecule has 0 amide bonds. The number of ether oxygens (including phenoxy) is 1. The van der Waals surface area contributed by atoms with Crippen LogP contribution >= 0.6 is 0 Å². The first-order valence-electron chi connectivity index (χ1n) is 8.97. The van der Waals surface area contributed by atoms with Gasteiger partial charge in [-0.25, -0.2) is 0 Å². The van der Waals surface area contributed by atoms with E-state index in [2.05, 4.69) is 33.4 Å². The van der Waals surface area contributed by atoms with Crippen LogP contribution in [0.1, 0.15) is 26.7 Å². The van der Waals surface area contributed by atoms with Crippen molar-refractivity contribution in [3.05, 3.63) is 12.3 Å². The van der Waals surface area contributed by atoms with Gasteiger partial charge in [-0.15, -0.1) is 0 Å². The molecule has 1 rings (SSSR count). The fraction of sp³-hybridized carbons (Fsp3) is 0.778. The van der Waals surface area contributed by atoms with Crippen molar-refractivity contribution in [2.45, 2.75) is 38.8 Å². The van der Waals surface area contributed by atoms with Gasteiger partial charge < -0.3 is 25.5 Å². The third-order valence-corrected chi connectivity index (χ3v) is 4.47. The monoisotopic (exact) mass is 353 g/mol. The summed E-state index contributed by atoms with van der Waals surface area (Å²) in [5.41, 5.74) is 1.69. The molecule has 0 spiro atoms. The molecule has 0 bridgehead atoms. The van der Waals surface area contributed by atoms with E-state index in [1.54, 1.807) is 6.21 Å². The fourth-order valence-corrected chi connectivity index (χ4v) is 2.89. The van der Waals surface area contributed by atoms with Gasteiger partial charge in [0.15, 0.2) is 0 Å². The van der Waals surface area contributed by atoms with E-state index < -0.39 is 0 Å². The van der Waals surface area contributed by atoms with Crippen LogP contribution in [0.3, 0.4) is 0 Å². The SMILES string of the molecule is C=C1CCCN=C/C(=N/N)COC(CN(C)C)C(C)CN1C(C)CO. The molecule has 0 saturated carbocycles. The molecule has 25 heavy (non-hydrogen) atoms. The lowest BCUT2D eigenvalue weighted by Gasteiger charge is -2.37. The summed E-state index contributed by atoms with van der Waals surface area (Å²) in [6.07, 6.45) is 3.47. The second kappa shape index (κ2) is 11.2. The maximum absolute atomic E-state index is 9.63. The van der Waals surface area contributed by atoms with Crippen LogP contribution < -0.4 is 5.84 Å². The molecule has 0 fully saturated rings. The number of nitrogens with zero attached hydrogens (tertiary/aromatic N) is 4. The van der Waals surface area contributed by atoms with E-state index in [-0.39, 0.29) is 24.7 Å². The third kappa shape index (κ3) is 7.54. The van der Waals surface area contributed by atoms with Crippen LogP contribution in [-0.2, 0) is 4.74 Å². The van der Waals surface area contributed by atoms with E-state index in [0.717, 1.165) is 31.6 Å². The number of aliphatic hydroxyl groups excluding tert-OH is 1. The number of aliphatic hydroxyl groups is 1. The quantitative estimate of drug-likeness (QED) is 0.580. The number of rotatable bonds is 4. The van der Waals surface area contributed by atoms with Crippen molar-refractivity contribution < 1.29 is 9.84 Å². The molecule has 3 unspecified atom stereocenters. The van der Waals surface area contributed by atoms with E-state index >= 15 is 0 Å². The highest BCUT2D eigenvalue weighted by Crippen LogP contribution is 2.19. The normalized spacial score (nSPS) is 27.0.